The number of aromatic nitrogens is 3. The van der Waals surface area contributed by atoms with Gasteiger partial charge in [0.1, 0.15) is 16.6 Å². The van der Waals surface area contributed by atoms with Gasteiger partial charge in [0.05, 0.1) is 6.20 Å². The summed E-state index contributed by atoms with van der Waals surface area (Å²) in [6, 6.07) is 5.88. The van der Waals surface area contributed by atoms with Crippen LogP contribution in [0.2, 0.25) is 0 Å². The molecule has 0 saturated carbocycles. The number of fused-ring (bicyclic) bond motifs is 1. The minimum atomic E-state index is 0.510. The summed E-state index contributed by atoms with van der Waals surface area (Å²) in [6.45, 7) is 1.94. The molecule has 0 aromatic carbocycles. The summed E-state index contributed by atoms with van der Waals surface area (Å²) in [7, 11) is 0. The molecule has 0 radical (unpaired) electrons. The standard InChI is InChI=1S/C15H16N4OS2/c1-9-5-10-6-11(17-8-12(10)20-9)3-4-22-15-18-13(16)7-14(19-15)21-2/h5-8H,3-4H2,1-2H3,(H2,16,18,19). The Balaban J connectivity index is 1.65. The fourth-order valence-electron chi connectivity index (χ4n) is 2.10. The first-order valence-corrected chi connectivity index (χ1v) is 9.01. The van der Waals surface area contributed by atoms with E-state index in [1.165, 1.54) is 0 Å². The van der Waals surface area contributed by atoms with E-state index in [0.29, 0.717) is 11.0 Å². The van der Waals surface area contributed by atoms with Crippen molar-refractivity contribution in [1.82, 2.24) is 15.0 Å². The van der Waals surface area contributed by atoms with Crippen molar-refractivity contribution in [2.75, 3.05) is 17.7 Å². The predicted octanol–water partition coefficient (Wildman–Crippen LogP) is 3.57. The van der Waals surface area contributed by atoms with E-state index in [2.05, 4.69) is 21.0 Å². The maximum Gasteiger partial charge on any atom is 0.190 e. The van der Waals surface area contributed by atoms with E-state index in [9.17, 15) is 0 Å². The first-order chi connectivity index (χ1) is 10.6. The van der Waals surface area contributed by atoms with Crippen LogP contribution in [0.15, 0.2) is 39.0 Å². The zero-order valence-electron chi connectivity index (χ0n) is 12.4. The molecule has 7 heteroatoms. The summed E-state index contributed by atoms with van der Waals surface area (Å²) in [5.41, 5.74) is 7.65. The molecule has 3 aromatic rings. The molecule has 0 amide bonds. The number of thioether (sulfide) groups is 2. The van der Waals surface area contributed by atoms with Crippen LogP contribution in [0.4, 0.5) is 5.82 Å². The van der Waals surface area contributed by atoms with E-state index in [1.54, 1.807) is 35.8 Å². The van der Waals surface area contributed by atoms with Gasteiger partial charge in [-0.25, -0.2) is 9.97 Å². The molecular weight excluding hydrogens is 316 g/mol. The van der Waals surface area contributed by atoms with Gasteiger partial charge in [0.2, 0.25) is 0 Å². The normalized spacial score (nSPS) is 11.2. The van der Waals surface area contributed by atoms with Gasteiger partial charge in [0.15, 0.2) is 10.7 Å². The average Bonchev–Trinajstić information content (AvgIpc) is 2.86. The lowest BCUT2D eigenvalue weighted by Gasteiger charge is -2.03. The van der Waals surface area contributed by atoms with E-state index in [1.807, 2.05) is 19.2 Å². The Kier molecular flexibility index (Phi) is 4.54. The number of hydrogen-bond acceptors (Lipinski definition) is 7. The van der Waals surface area contributed by atoms with Crippen LogP contribution in [0, 0.1) is 6.92 Å². The second-order valence-electron chi connectivity index (χ2n) is 4.79. The van der Waals surface area contributed by atoms with Crippen molar-refractivity contribution in [1.29, 1.82) is 0 Å². The lowest BCUT2D eigenvalue weighted by Crippen LogP contribution is -1.98. The highest BCUT2D eigenvalue weighted by Gasteiger charge is 2.06. The lowest BCUT2D eigenvalue weighted by molar-refractivity contribution is 0.577. The Labute approximate surface area is 137 Å². The van der Waals surface area contributed by atoms with E-state index < -0.39 is 0 Å². The zero-order valence-corrected chi connectivity index (χ0v) is 14.0. The van der Waals surface area contributed by atoms with Crippen LogP contribution < -0.4 is 5.73 Å². The highest BCUT2D eigenvalue weighted by Crippen LogP contribution is 2.22. The molecule has 0 bridgehead atoms. The van der Waals surface area contributed by atoms with Crippen LogP contribution in [0.3, 0.4) is 0 Å². The SMILES string of the molecule is CSc1cc(N)nc(SCCc2cc3cc(C)oc3cn2)n1. The quantitative estimate of drug-likeness (QED) is 0.435. The van der Waals surface area contributed by atoms with Crippen LogP contribution in [-0.4, -0.2) is 27.0 Å². The number of nitrogen functional groups attached to an aromatic ring is 1. The van der Waals surface area contributed by atoms with Crippen molar-refractivity contribution >= 4 is 40.3 Å². The fourth-order valence-corrected chi connectivity index (χ4v) is 3.40. The number of aryl methyl sites for hydroxylation is 2. The summed E-state index contributed by atoms with van der Waals surface area (Å²) in [4.78, 5) is 13.1. The zero-order chi connectivity index (χ0) is 15.5. The van der Waals surface area contributed by atoms with Gasteiger partial charge in [-0.05, 0) is 31.7 Å². The molecule has 114 valence electrons. The van der Waals surface area contributed by atoms with Gasteiger partial charge in [-0.15, -0.1) is 11.8 Å². The second-order valence-corrected chi connectivity index (χ2v) is 6.68. The largest absolute Gasteiger partial charge is 0.460 e. The topological polar surface area (TPSA) is 77.8 Å². The Bertz CT molecular complexity index is 803. The molecular formula is C15H16N4OS2. The average molecular weight is 332 g/mol. The summed E-state index contributed by atoms with van der Waals surface area (Å²) >= 11 is 3.15. The van der Waals surface area contributed by atoms with Gasteiger partial charge in [0.25, 0.3) is 0 Å². The molecule has 0 aliphatic rings. The summed E-state index contributed by atoms with van der Waals surface area (Å²) in [6.07, 6.45) is 4.60. The smallest absolute Gasteiger partial charge is 0.190 e. The molecule has 2 N–H and O–H groups in total. The van der Waals surface area contributed by atoms with Gasteiger partial charge in [-0.3, -0.25) is 4.98 Å². The van der Waals surface area contributed by atoms with E-state index >= 15 is 0 Å². The fraction of sp³-hybridized carbons (Fsp3) is 0.267. The molecule has 0 unspecified atom stereocenters. The first kappa shape index (κ1) is 15.2. The van der Waals surface area contributed by atoms with E-state index in [-0.39, 0.29) is 0 Å². The molecule has 5 nitrogen and oxygen atoms in total. The highest BCUT2D eigenvalue weighted by molar-refractivity contribution is 7.99. The lowest BCUT2D eigenvalue weighted by atomic mass is 10.2. The molecule has 0 aliphatic heterocycles. The van der Waals surface area contributed by atoms with Crippen molar-refractivity contribution in [2.45, 2.75) is 23.5 Å². The Morgan fingerprint density at radius 1 is 1.23 bits per heavy atom. The molecule has 0 atom stereocenters. The number of pyridine rings is 1. The summed E-state index contributed by atoms with van der Waals surface area (Å²) in [5.74, 6) is 2.27. The van der Waals surface area contributed by atoms with Gasteiger partial charge < -0.3 is 10.2 Å². The summed E-state index contributed by atoms with van der Waals surface area (Å²) in [5, 5.41) is 2.70. The third-order valence-electron chi connectivity index (χ3n) is 3.08. The predicted molar refractivity (Wildman–Crippen MR) is 91.4 cm³/mol. The maximum absolute atomic E-state index is 5.78. The van der Waals surface area contributed by atoms with Crippen LogP contribution >= 0.6 is 23.5 Å². The molecule has 22 heavy (non-hydrogen) atoms. The van der Waals surface area contributed by atoms with E-state index in [0.717, 1.165) is 39.6 Å². The second kappa shape index (κ2) is 6.58. The third kappa shape index (κ3) is 3.53. The van der Waals surface area contributed by atoms with Gasteiger partial charge >= 0.3 is 0 Å². The van der Waals surface area contributed by atoms with E-state index in [4.69, 9.17) is 10.2 Å². The van der Waals surface area contributed by atoms with Crippen molar-refractivity contribution in [3.05, 3.63) is 35.9 Å². The van der Waals surface area contributed by atoms with Gasteiger partial charge in [-0.2, -0.15) is 0 Å². The minimum Gasteiger partial charge on any atom is -0.460 e. The van der Waals surface area contributed by atoms with Gasteiger partial charge in [-0.1, -0.05) is 11.8 Å². The molecule has 3 heterocycles. The number of rotatable bonds is 5. The molecule has 3 rings (SSSR count). The Morgan fingerprint density at radius 2 is 2.09 bits per heavy atom. The molecule has 0 fully saturated rings. The van der Waals surface area contributed by atoms with Crippen molar-refractivity contribution in [3.63, 3.8) is 0 Å². The summed E-state index contributed by atoms with van der Waals surface area (Å²) < 4.78 is 5.53. The molecule has 0 aliphatic carbocycles. The molecule has 0 saturated heterocycles. The minimum absolute atomic E-state index is 0.510. The molecule has 0 spiro atoms. The Hall–Kier alpha value is -1.73. The van der Waals surface area contributed by atoms with Crippen LogP contribution in [0.25, 0.3) is 11.0 Å². The highest BCUT2D eigenvalue weighted by atomic mass is 32.2. The number of anilines is 1. The maximum atomic E-state index is 5.78. The first-order valence-electron chi connectivity index (χ1n) is 6.80. The van der Waals surface area contributed by atoms with Crippen molar-refractivity contribution in [2.24, 2.45) is 0 Å². The van der Waals surface area contributed by atoms with Crippen LogP contribution in [0.1, 0.15) is 11.5 Å². The van der Waals surface area contributed by atoms with Crippen molar-refractivity contribution in [3.8, 4) is 0 Å². The van der Waals surface area contributed by atoms with Crippen LogP contribution in [-0.2, 0) is 6.42 Å². The number of nitrogens with two attached hydrogens (primary N) is 1. The Morgan fingerprint density at radius 3 is 2.91 bits per heavy atom. The van der Waals surface area contributed by atoms with Crippen LogP contribution in [0.5, 0.6) is 0 Å². The van der Waals surface area contributed by atoms with Gasteiger partial charge in [0, 0.05) is 22.9 Å². The number of nitrogens with zero attached hydrogens (tertiary/aromatic N) is 3. The number of furan rings is 1. The number of hydrogen-bond donors (Lipinski definition) is 1. The third-order valence-corrected chi connectivity index (χ3v) is 4.56. The van der Waals surface area contributed by atoms with Crippen molar-refractivity contribution < 1.29 is 4.42 Å². The monoisotopic (exact) mass is 332 g/mol. The molecule has 3 aromatic heterocycles.